The first-order valence-corrected chi connectivity index (χ1v) is 9.93. The van der Waals surface area contributed by atoms with E-state index in [1.807, 2.05) is 0 Å². The fourth-order valence-corrected chi connectivity index (χ4v) is 5.60. The van der Waals surface area contributed by atoms with Crippen molar-refractivity contribution in [2.24, 2.45) is 5.92 Å². The smallest absolute Gasteiger partial charge is 0.353 e. The van der Waals surface area contributed by atoms with Crippen molar-refractivity contribution in [2.75, 3.05) is 26.2 Å². The Hall–Kier alpha value is -1.09. The number of nitrogens with one attached hydrogen (secondary N) is 2. The fraction of sp³-hybridized carbons (Fsp3) is 0.765. The normalized spacial score (nSPS) is 33.8. The molecule has 0 aromatic rings. The first-order chi connectivity index (χ1) is 12.0. The van der Waals surface area contributed by atoms with Crippen molar-refractivity contribution in [3.63, 3.8) is 0 Å². The monoisotopic (exact) mass is 369 g/mol. The van der Waals surface area contributed by atoms with E-state index in [1.54, 1.807) is 18.7 Å². The number of carbonyl (C=O) groups is 2. The number of β-lactam (4-membered cyclic amide) rings is 1. The highest BCUT2D eigenvalue weighted by atomic mass is 32.2. The molecule has 4 heterocycles. The van der Waals surface area contributed by atoms with Crippen LogP contribution in [0.15, 0.2) is 10.6 Å². The second-order valence-electron chi connectivity index (χ2n) is 6.96. The highest BCUT2D eigenvalue weighted by Crippen LogP contribution is 2.45. The van der Waals surface area contributed by atoms with Crippen LogP contribution in [0.1, 0.15) is 32.6 Å². The van der Waals surface area contributed by atoms with E-state index < -0.39 is 5.97 Å². The summed E-state index contributed by atoms with van der Waals surface area (Å²) in [5.41, 5.74) is 0.247. The van der Waals surface area contributed by atoms with E-state index in [0.717, 1.165) is 37.4 Å². The second kappa shape index (κ2) is 8.07. The summed E-state index contributed by atoms with van der Waals surface area (Å²) in [4.78, 5) is 25.5. The molecule has 4 atom stereocenters. The lowest BCUT2D eigenvalue weighted by Crippen LogP contribution is -2.49. The van der Waals surface area contributed by atoms with Crippen molar-refractivity contribution in [1.29, 1.82) is 0 Å². The van der Waals surface area contributed by atoms with Crippen LogP contribution in [0.2, 0.25) is 0 Å². The van der Waals surface area contributed by atoms with Crippen LogP contribution in [0.4, 0.5) is 0 Å². The molecular formula is C17H27N3O4S. The molecule has 4 rings (SSSR count). The number of aliphatic hydroxyl groups is 1. The van der Waals surface area contributed by atoms with Gasteiger partial charge < -0.3 is 25.7 Å². The molecule has 4 aliphatic rings. The number of thioether (sulfide) groups is 1. The lowest BCUT2D eigenvalue weighted by Gasteiger charge is -2.34. The third kappa shape index (κ3) is 3.86. The van der Waals surface area contributed by atoms with E-state index in [-0.39, 0.29) is 24.3 Å². The highest BCUT2D eigenvalue weighted by Gasteiger charge is 2.48. The maximum absolute atomic E-state index is 11.6. The van der Waals surface area contributed by atoms with Gasteiger partial charge in [0.2, 0.25) is 5.91 Å². The minimum Gasteiger partial charge on any atom is -0.477 e. The zero-order valence-electron chi connectivity index (χ0n) is 14.5. The minimum atomic E-state index is -0.958. The molecule has 0 aliphatic carbocycles. The maximum Gasteiger partial charge on any atom is 0.353 e. The van der Waals surface area contributed by atoms with Gasteiger partial charge in [0, 0.05) is 42.2 Å². The second-order valence-corrected chi connectivity index (χ2v) is 8.36. The summed E-state index contributed by atoms with van der Waals surface area (Å²) < 4.78 is 0. The number of rotatable bonds is 4. The Labute approximate surface area is 152 Å². The Balaban J connectivity index is 0.000000569. The molecule has 4 N–H and O–H groups in total. The number of aliphatic carboxylic acids is 1. The minimum absolute atomic E-state index is 0.0440. The van der Waals surface area contributed by atoms with Gasteiger partial charge >= 0.3 is 5.97 Å². The van der Waals surface area contributed by atoms with Gasteiger partial charge in [-0.15, -0.1) is 11.8 Å². The summed E-state index contributed by atoms with van der Waals surface area (Å²) in [5, 5.41) is 24.4. The molecule has 3 saturated heterocycles. The van der Waals surface area contributed by atoms with Gasteiger partial charge in [-0.1, -0.05) is 0 Å². The average molecular weight is 369 g/mol. The van der Waals surface area contributed by atoms with Crippen LogP contribution in [-0.4, -0.2) is 70.6 Å². The summed E-state index contributed by atoms with van der Waals surface area (Å²) in [7, 11) is 0. The SMILES string of the molecule is CCO.O=C(O)C1=C(SC2CN[C@H](C3CCNC3)C2)CC2CC(=O)N12. The van der Waals surface area contributed by atoms with E-state index in [9.17, 15) is 14.7 Å². The van der Waals surface area contributed by atoms with Crippen molar-refractivity contribution in [1.82, 2.24) is 15.5 Å². The third-order valence-corrected chi connectivity index (χ3v) is 6.61. The largest absolute Gasteiger partial charge is 0.477 e. The van der Waals surface area contributed by atoms with E-state index in [1.165, 1.54) is 11.3 Å². The number of carboxylic acids is 1. The van der Waals surface area contributed by atoms with Crippen LogP contribution < -0.4 is 10.6 Å². The topological polar surface area (TPSA) is 102 Å². The highest BCUT2D eigenvalue weighted by molar-refractivity contribution is 8.03. The van der Waals surface area contributed by atoms with Crippen molar-refractivity contribution in [2.45, 2.75) is 49.9 Å². The molecule has 140 valence electrons. The van der Waals surface area contributed by atoms with Crippen LogP contribution in [-0.2, 0) is 9.59 Å². The fourth-order valence-electron chi connectivity index (χ4n) is 4.13. The van der Waals surface area contributed by atoms with Gasteiger partial charge in [0.15, 0.2) is 0 Å². The van der Waals surface area contributed by atoms with Gasteiger partial charge in [0.25, 0.3) is 0 Å². The predicted octanol–water partition coefficient (Wildman–Crippen LogP) is 0.359. The standard InChI is InChI=1S/C15H21N3O3S.C2H6O/c19-13-4-9-3-12(14(15(20)21)18(9)13)22-10-5-11(17-7-10)8-1-2-16-6-8;1-2-3/h8-11,16-17H,1-7H2,(H,20,21);3H,2H2,1H3/t8?,9?,10?,11-;/m0./s1. The van der Waals surface area contributed by atoms with Crippen LogP contribution in [0.25, 0.3) is 0 Å². The van der Waals surface area contributed by atoms with Gasteiger partial charge in [-0.2, -0.15) is 0 Å². The van der Waals surface area contributed by atoms with Crippen molar-refractivity contribution >= 4 is 23.6 Å². The molecule has 0 radical (unpaired) electrons. The van der Waals surface area contributed by atoms with E-state index in [2.05, 4.69) is 10.6 Å². The summed E-state index contributed by atoms with van der Waals surface area (Å²) in [6, 6.07) is 0.645. The Morgan fingerprint density at radius 2 is 2.12 bits per heavy atom. The first-order valence-electron chi connectivity index (χ1n) is 9.05. The molecule has 1 amide bonds. The lowest BCUT2D eigenvalue weighted by molar-refractivity contribution is -0.147. The van der Waals surface area contributed by atoms with Gasteiger partial charge in [-0.25, -0.2) is 4.79 Å². The number of hydrogen-bond acceptors (Lipinski definition) is 6. The Kier molecular flexibility index (Phi) is 6.04. The van der Waals surface area contributed by atoms with Crippen LogP contribution in [0, 0.1) is 5.92 Å². The summed E-state index contributed by atoms with van der Waals surface area (Å²) in [5.74, 6) is -0.304. The molecule has 3 unspecified atom stereocenters. The summed E-state index contributed by atoms with van der Waals surface area (Å²) >= 11 is 1.69. The maximum atomic E-state index is 11.6. The molecule has 4 aliphatic heterocycles. The summed E-state index contributed by atoms with van der Waals surface area (Å²) in [6.07, 6.45) is 3.54. The molecular weight excluding hydrogens is 342 g/mol. The average Bonchev–Trinajstić information content (AvgIpc) is 3.26. The van der Waals surface area contributed by atoms with Crippen molar-refractivity contribution < 1.29 is 19.8 Å². The Morgan fingerprint density at radius 3 is 2.72 bits per heavy atom. The molecule has 0 spiro atoms. The molecule has 7 nitrogen and oxygen atoms in total. The molecule has 0 aromatic carbocycles. The molecule has 0 saturated carbocycles. The quantitative estimate of drug-likeness (QED) is 0.531. The molecule has 3 fully saturated rings. The van der Waals surface area contributed by atoms with Gasteiger partial charge in [-0.3, -0.25) is 4.79 Å². The molecule has 0 aromatic heterocycles. The molecule has 25 heavy (non-hydrogen) atoms. The molecule has 8 heteroatoms. The van der Waals surface area contributed by atoms with Crippen LogP contribution in [0.5, 0.6) is 0 Å². The van der Waals surface area contributed by atoms with E-state index in [0.29, 0.717) is 23.6 Å². The Bertz CT molecular complexity index is 562. The number of carboxylic acid groups (broad SMARTS) is 1. The third-order valence-electron chi connectivity index (χ3n) is 5.27. The zero-order chi connectivity index (χ0) is 18.0. The number of aliphatic hydroxyl groups excluding tert-OH is 1. The predicted molar refractivity (Wildman–Crippen MR) is 96.1 cm³/mol. The number of carbonyl (C=O) groups excluding carboxylic acids is 1. The Morgan fingerprint density at radius 1 is 1.36 bits per heavy atom. The molecule has 0 bridgehead atoms. The lowest BCUT2D eigenvalue weighted by atomic mass is 9.98. The van der Waals surface area contributed by atoms with Gasteiger partial charge in [-0.05, 0) is 38.8 Å². The zero-order valence-corrected chi connectivity index (χ0v) is 15.3. The number of hydrogen-bond donors (Lipinski definition) is 4. The first kappa shape index (κ1) is 18.7. The van der Waals surface area contributed by atoms with Gasteiger partial charge in [0.05, 0.1) is 6.04 Å². The van der Waals surface area contributed by atoms with Crippen molar-refractivity contribution in [3.8, 4) is 0 Å². The van der Waals surface area contributed by atoms with Crippen LogP contribution in [0.3, 0.4) is 0 Å². The van der Waals surface area contributed by atoms with Gasteiger partial charge in [0.1, 0.15) is 5.70 Å². The van der Waals surface area contributed by atoms with Crippen LogP contribution >= 0.6 is 11.8 Å². The van der Waals surface area contributed by atoms with Crippen molar-refractivity contribution in [3.05, 3.63) is 10.6 Å². The van der Waals surface area contributed by atoms with E-state index >= 15 is 0 Å². The number of amides is 1. The summed E-state index contributed by atoms with van der Waals surface area (Å²) in [6.45, 7) is 5.05. The number of nitrogens with zero attached hydrogens (tertiary/aromatic N) is 1. The van der Waals surface area contributed by atoms with E-state index in [4.69, 9.17) is 5.11 Å². The number of fused-ring (bicyclic) bond motifs is 1.